The Kier molecular flexibility index (Phi) is 6.66. The molecule has 7 heteroatoms. The summed E-state index contributed by atoms with van der Waals surface area (Å²) in [6.45, 7) is 2.06. The van der Waals surface area contributed by atoms with Gasteiger partial charge in [-0.05, 0) is 48.2 Å². The highest BCUT2D eigenvalue weighted by atomic mass is 16.1. The van der Waals surface area contributed by atoms with Gasteiger partial charge in [-0.2, -0.15) is 0 Å². The number of hydrogen-bond acceptors (Lipinski definition) is 5. The predicted molar refractivity (Wildman–Crippen MR) is 141 cm³/mol. The van der Waals surface area contributed by atoms with Crippen LogP contribution in [0.5, 0.6) is 0 Å². The van der Waals surface area contributed by atoms with Crippen LogP contribution in [0.25, 0.3) is 10.9 Å². The molecule has 7 nitrogen and oxygen atoms in total. The first-order valence-electron chi connectivity index (χ1n) is 12.2. The van der Waals surface area contributed by atoms with E-state index in [2.05, 4.69) is 78.7 Å². The quantitative estimate of drug-likeness (QED) is 0.425. The van der Waals surface area contributed by atoms with Crippen molar-refractivity contribution < 1.29 is 4.79 Å². The molecule has 1 aliphatic rings. The van der Waals surface area contributed by atoms with Crippen LogP contribution < -0.4 is 15.1 Å². The number of aromatic amines is 1. The summed E-state index contributed by atoms with van der Waals surface area (Å²) in [7, 11) is 4.08. The zero-order chi connectivity index (χ0) is 24.2. The summed E-state index contributed by atoms with van der Waals surface area (Å²) in [5.74, 6) is 0.763. The van der Waals surface area contributed by atoms with Crippen LogP contribution in [0.3, 0.4) is 0 Å². The van der Waals surface area contributed by atoms with Crippen LogP contribution in [-0.4, -0.2) is 54.6 Å². The SMILES string of the molecule is CN(C)c1ccc([C@@H](CNC(=O)[C@@H]2CCCN(c3ncccn3)C2)c2c[nH]c3ccccc23)cc1. The molecule has 0 saturated carbocycles. The number of nitrogens with one attached hydrogen (secondary N) is 2. The number of anilines is 2. The molecule has 0 bridgehead atoms. The Bertz CT molecular complexity index is 1270. The summed E-state index contributed by atoms with van der Waals surface area (Å²) in [6.07, 6.45) is 7.41. The lowest BCUT2D eigenvalue weighted by atomic mass is 9.90. The Hall–Kier alpha value is -3.87. The van der Waals surface area contributed by atoms with Gasteiger partial charge < -0.3 is 20.1 Å². The maximum atomic E-state index is 13.3. The number of carbonyl (C=O) groups excluding carboxylic acids is 1. The minimum absolute atomic E-state index is 0.0449. The standard InChI is InChI=1S/C28H32N6O/c1-33(2)22-12-10-20(11-13-22)24(25-18-31-26-9-4-3-8-23(25)26)17-32-27(35)21-7-5-16-34(19-21)28-29-14-6-15-30-28/h3-4,6,8-15,18,21,24,31H,5,7,16-17,19H2,1-2H3,(H,32,35)/t21-,24-/m1/s1. The Balaban J connectivity index is 1.35. The number of nitrogens with zero attached hydrogens (tertiary/aromatic N) is 4. The van der Waals surface area contributed by atoms with E-state index in [-0.39, 0.29) is 17.7 Å². The van der Waals surface area contributed by atoms with Crippen molar-refractivity contribution in [3.05, 3.63) is 84.3 Å². The number of amides is 1. The highest BCUT2D eigenvalue weighted by Gasteiger charge is 2.28. The Morgan fingerprint density at radius 2 is 1.89 bits per heavy atom. The van der Waals surface area contributed by atoms with Crippen LogP contribution in [0, 0.1) is 5.92 Å². The van der Waals surface area contributed by atoms with Gasteiger partial charge in [0.25, 0.3) is 0 Å². The second-order valence-electron chi connectivity index (χ2n) is 9.41. The minimum atomic E-state index is -0.0766. The summed E-state index contributed by atoms with van der Waals surface area (Å²) in [5.41, 5.74) is 4.64. The van der Waals surface area contributed by atoms with Crippen molar-refractivity contribution in [3.8, 4) is 0 Å². The molecule has 3 heterocycles. The molecular formula is C28H32N6O. The molecule has 2 aromatic heterocycles. The Morgan fingerprint density at radius 1 is 1.11 bits per heavy atom. The number of fused-ring (bicyclic) bond motifs is 1. The molecular weight excluding hydrogens is 436 g/mol. The van der Waals surface area contributed by atoms with Gasteiger partial charge in [-0.3, -0.25) is 4.79 Å². The third-order valence-electron chi connectivity index (χ3n) is 6.92. The maximum Gasteiger partial charge on any atom is 0.225 e. The third-order valence-corrected chi connectivity index (χ3v) is 6.92. The number of aromatic nitrogens is 3. The predicted octanol–water partition coefficient (Wildman–Crippen LogP) is 4.19. The molecule has 5 rings (SSSR count). The largest absolute Gasteiger partial charge is 0.378 e. The van der Waals surface area contributed by atoms with E-state index in [1.165, 1.54) is 16.5 Å². The highest BCUT2D eigenvalue weighted by Crippen LogP contribution is 2.31. The van der Waals surface area contributed by atoms with Crippen LogP contribution in [0.1, 0.15) is 29.9 Å². The van der Waals surface area contributed by atoms with E-state index < -0.39 is 0 Å². The van der Waals surface area contributed by atoms with Crippen LogP contribution in [-0.2, 0) is 4.79 Å². The number of carbonyl (C=O) groups is 1. The lowest BCUT2D eigenvalue weighted by molar-refractivity contribution is -0.125. The van der Waals surface area contributed by atoms with Crippen molar-refractivity contribution in [1.29, 1.82) is 0 Å². The van der Waals surface area contributed by atoms with Crippen LogP contribution in [0.15, 0.2) is 73.2 Å². The fourth-order valence-corrected chi connectivity index (χ4v) is 4.97. The number of H-pyrrole nitrogens is 1. The summed E-state index contributed by atoms with van der Waals surface area (Å²) >= 11 is 0. The smallest absolute Gasteiger partial charge is 0.225 e. The van der Waals surface area contributed by atoms with E-state index in [1.54, 1.807) is 12.4 Å². The molecule has 0 radical (unpaired) electrons. The first-order valence-corrected chi connectivity index (χ1v) is 12.2. The van der Waals surface area contributed by atoms with E-state index in [4.69, 9.17) is 0 Å². The van der Waals surface area contributed by atoms with Gasteiger partial charge in [0.1, 0.15) is 0 Å². The molecule has 0 spiro atoms. The zero-order valence-electron chi connectivity index (χ0n) is 20.3. The zero-order valence-corrected chi connectivity index (χ0v) is 20.3. The number of para-hydroxylation sites is 1. The van der Waals surface area contributed by atoms with Gasteiger partial charge in [0.05, 0.1) is 5.92 Å². The van der Waals surface area contributed by atoms with Gasteiger partial charge in [0, 0.05) is 74.8 Å². The van der Waals surface area contributed by atoms with Crippen molar-refractivity contribution in [2.45, 2.75) is 18.8 Å². The van der Waals surface area contributed by atoms with E-state index in [0.29, 0.717) is 19.0 Å². The first-order chi connectivity index (χ1) is 17.1. The van der Waals surface area contributed by atoms with Crippen molar-refractivity contribution in [1.82, 2.24) is 20.3 Å². The summed E-state index contributed by atoms with van der Waals surface area (Å²) < 4.78 is 0. The Labute approximate surface area is 206 Å². The molecule has 1 fully saturated rings. The van der Waals surface area contributed by atoms with Gasteiger partial charge in [-0.25, -0.2) is 9.97 Å². The number of rotatable bonds is 7. The van der Waals surface area contributed by atoms with E-state index in [9.17, 15) is 4.79 Å². The molecule has 2 atom stereocenters. The third kappa shape index (κ3) is 4.99. The molecule has 1 amide bonds. The Morgan fingerprint density at radius 3 is 2.66 bits per heavy atom. The average molecular weight is 469 g/mol. The van der Waals surface area contributed by atoms with E-state index in [1.807, 2.05) is 26.2 Å². The second-order valence-corrected chi connectivity index (χ2v) is 9.41. The number of piperidine rings is 1. The topological polar surface area (TPSA) is 77.2 Å². The molecule has 2 aromatic carbocycles. The normalized spacial score (nSPS) is 16.7. The van der Waals surface area contributed by atoms with Crippen LogP contribution in [0.4, 0.5) is 11.6 Å². The molecule has 180 valence electrons. The first kappa shape index (κ1) is 22.9. The monoisotopic (exact) mass is 468 g/mol. The van der Waals surface area contributed by atoms with Crippen molar-refractivity contribution in [2.75, 3.05) is 43.5 Å². The molecule has 1 aliphatic heterocycles. The van der Waals surface area contributed by atoms with Gasteiger partial charge in [0.2, 0.25) is 11.9 Å². The van der Waals surface area contributed by atoms with Gasteiger partial charge in [-0.15, -0.1) is 0 Å². The molecule has 0 unspecified atom stereocenters. The van der Waals surface area contributed by atoms with Gasteiger partial charge in [0.15, 0.2) is 0 Å². The van der Waals surface area contributed by atoms with Crippen molar-refractivity contribution in [3.63, 3.8) is 0 Å². The van der Waals surface area contributed by atoms with Gasteiger partial charge in [-0.1, -0.05) is 30.3 Å². The highest BCUT2D eigenvalue weighted by molar-refractivity contribution is 5.84. The maximum absolute atomic E-state index is 13.3. The van der Waals surface area contributed by atoms with E-state index in [0.717, 1.165) is 30.6 Å². The molecule has 1 saturated heterocycles. The molecule has 35 heavy (non-hydrogen) atoms. The summed E-state index contributed by atoms with van der Waals surface area (Å²) in [6, 6.07) is 18.8. The number of hydrogen-bond donors (Lipinski definition) is 2. The average Bonchev–Trinajstić information content (AvgIpc) is 3.33. The van der Waals surface area contributed by atoms with Gasteiger partial charge >= 0.3 is 0 Å². The van der Waals surface area contributed by atoms with Crippen LogP contribution in [0.2, 0.25) is 0 Å². The fourth-order valence-electron chi connectivity index (χ4n) is 4.97. The summed E-state index contributed by atoms with van der Waals surface area (Å²) in [5, 5.41) is 4.47. The van der Waals surface area contributed by atoms with Crippen molar-refractivity contribution in [2.24, 2.45) is 5.92 Å². The molecule has 4 aromatic rings. The lowest BCUT2D eigenvalue weighted by Gasteiger charge is -2.32. The minimum Gasteiger partial charge on any atom is -0.378 e. The van der Waals surface area contributed by atoms with Crippen molar-refractivity contribution >= 4 is 28.4 Å². The second kappa shape index (κ2) is 10.2. The lowest BCUT2D eigenvalue weighted by Crippen LogP contribution is -2.44. The molecule has 2 N–H and O–H groups in total. The van der Waals surface area contributed by atoms with Crippen LogP contribution >= 0.6 is 0 Å². The summed E-state index contributed by atoms with van der Waals surface area (Å²) in [4.78, 5) is 29.6. The van der Waals surface area contributed by atoms with E-state index >= 15 is 0 Å². The molecule has 0 aliphatic carbocycles. The number of benzene rings is 2. The fraction of sp³-hybridized carbons (Fsp3) is 0.321.